The largest absolute Gasteiger partial charge is 0.482 e. The van der Waals surface area contributed by atoms with Crippen LogP contribution >= 0.6 is 46.1 Å². The first-order chi connectivity index (χ1) is 10.8. The van der Waals surface area contributed by atoms with Crippen LogP contribution in [0.1, 0.15) is 5.69 Å². The van der Waals surface area contributed by atoms with E-state index in [1.807, 2.05) is 0 Å². The molecule has 10 heteroatoms. The number of carbonyl (C=O) groups excluding carboxylic acids is 2. The zero-order valence-electron chi connectivity index (χ0n) is 11.4. The van der Waals surface area contributed by atoms with Crippen molar-refractivity contribution < 1.29 is 14.3 Å². The van der Waals surface area contributed by atoms with E-state index in [2.05, 4.69) is 10.3 Å². The van der Waals surface area contributed by atoms with Crippen molar-refractivity contribution in [3.8, 4) is 5.75 Å². The van der Waals surface area contributed by atoms with Gasteiger partial charge in [0.2, 0.25) is 5.91 Å². The lowest BCUT2D eigenvalue weighted by Gasteiger charge is -2.08. The van der Waals surface area contributed by atoms with Crippen molar-refractivity contribution in [2.24, 2.45) is 5.73 Å². The van der Waals surface area contributed by atoms with E-state index < -0.39 is 11.8 Å². The maximum Gasteiger partial charge on any atom is 0.264 e. The minimum Gasteiger partial charge on any atom is -0.482 e. The molecule has 1 aromatic heterocycles. The smallest absolute Gasteiger partial charge is 0.264 e. The van der Waals surface area contributed by atoms with E-state index in [-0.39, 0.29) is 28.8 Å². The van der Waals surface area contributed by atoms with Gasteiger partial charge in [-0.1, -0.05) is 34.8 Å². The SMILES string of the molecule is NC(=O)Cc1csc(NC(=O)COc2cc(Cl)c(Cl)cc2Cl)n1. The number of benzene rings is 1. The number of nitrogens with zero attached hydrogens (tertiary/aromatic N) is 1. The molecule has 0 aliphatic rings. The molecule has 1 aromatic carbocycles. The Morgan fingerprint density at radius 3 is 2.61 bits per heavy atom. The topological polar surface area (TPSA) is 94.3 Å². The maximum atomic E-state index is 11.8. The molecule has 2 rings (SSSR count). The van der Waals surface area contributed by atoms with Crippen LogP contribution in [0.15, 0.2) is 17.5 Å². The van der Waals surface area contributed by atoms with E-state index in [0.717, 1.165) is 0 Å². The summed E-state index contributed by atoms with van der Waals surface area (Å²) in [4.78, 5) is 26.7. The molecular formula is C13H10Cl3N3O3S. The molecule has 6 nitrogen and oxygen atoms in total. The van der Waals surface area contributed by atoms with E-state index in [0.29, 0.717) is 15.8 Å². The minimum absolute atomic E-state index is 0.0156. The standard InChI is InChI=1S/C13H10Cl3N3O3S/c14-7-2-9(16)10(3-8(7)15)22-4-12(21)19-13-18-6(5-23-13)1-11(17)20/h2-3,5H,1,4H2,(H2,17,20)(H,18,19,21). The Kier molecular flexibility index (Phi) is 6.06. The van der Waals surface area contributed by atoms with Crippen molar-refractivity contribution in [1.82, 2.24) is 4.98 Å². The average molecular weight is 395 g/mol. The second-order valence-electron chi connectivity index (χ2n) is 4.32. The van der Waals surface area contributed by atoms with Crippen LogP contribution in [0.3, 0.4) is 0 Å². The highest BCUT2D eigenvalue weighted by molar-refractivity contribution is 7.13. The molecule has 0 atom stereocenters. The van der Waals surface area contributed by atoms with Crippen LogP contribution < -0.4 is 15.8 Å². The van der Waals surface area contributed by atoms with E-state index >= 15 is 0 Å². The Hall–Kier alpha value is -1.54. The van der Waals surface area contributed by atoms with Gasteiger partial charge in [0.05, 0.1) is 27.2 Å². The van der Waals surface area contributed by atoms with Gasteiger partial charge in [-0.3, -0.25) is 14.9 Å². The second kappa shape index (κ2) is 7.83. The Bertz CT molecular complexity index is 751. The van der Waals surface area contributed by atoms with Crippen LogP contribution in [0.4, 0.5) is 5.13 Å². The molecule has 0 fully saturated rings. The maximum absolute atomic E-state index is 11.8. The molecule has 0 aliphatic carbocycles. The lowest BCUT2D eigenvalue weighted by Crippen LogP contribution is -2.20. The summed E-state index contributed by atoms with van der Waals surface area (Å²) < 4.78 is 5.29. The van der Waals surface area contributed by atoms with Crippen LogP contribution in [0, 0.1) is 0 Å². The number of ether oxygens (including phenoxy) is 1. The van der Waals surface area contributed by atoms with Crippen molar-refractivity contribution in [1.29, 1.82) is 0 Å². The highest BCUT2D eigenvalue weighted by Gasteiger charge is 2.11. The molecule has 0 saturated heterocycles. The van der Waals surface area contributed by atoms with Crippen LogP contribution in [-0.4, -0.2) is 23.4 Å². The van der Waals surface area contributed by atoms with Crippen LogP contribution in [0.25, 0.3) is 0 Å². The molecule has 2 aromatic rings. The molecule has 0 spiro atoms. The predicted molar refractivity (Wildman–Crippen MR) is 90.6 cm³/mol. The van der Waals surface area contributed by atoms with Gasteiger partial charge in [0.25, 0.3) is 5.91 Å². The molecule has 0 unspecified atom stereocenters. The normalized spacial score (nSPS) is 10.4. The van der Waals surface area contributed by atoms with Crippen molar-refractivity contribution >= 4 is 63.1 Å². The molecule has 0 aliphatic heterocycles. The zero-order chi connectivity index (χ0) is 17.0. The van der Waals surface area contributed by atoms with Gasteiger partial charge >= 0.3 is 0 Å². The fourth-order valence-electron chi connectivity index (χ4n) is 1.54. The Labute approximate surface area is 150 Å². The zero-order valence-corrected chi connectivity index (χ0v) is 14.5. The summed E-state index contributed by atoms with van der Waals surface area (Å²) in [5, 5.41) is 5.32. The Morgan fingerprint density at radius 2 is 1.91 bits per heavy atom. The predicted octanol–water partition coefficient (Wildman–Crippen LogP) is 3.15. The van der Waals surface area contributed by atoms with Crippen LogP contribution in [-0.2, 0) is 16.0 Å². The Balaban J connectivity index is 1.91. The van der Waals surface area contributed by atoms with Gasteiger partial charge in [-0.2, -0.15) is 0 Å². The first kappa shape index (κ1) is 17.8. The molecule has 0 radical (unpaired) electrons. The molecular weight excluding hydrogens is 385 g/mol. The number of hydrogen-bond donors (Lipinski definition) is 2. The van der Waals surface area contributed by atoms with Crippen molar-refractivity contribution in [3.05, 3.63) is 38.3 Å². The minimum atomic E-state index is -0.495. The van der Waals surface area contributed by atoms with Crippen LogP contribution in [0.5, 0.6) is 5.75 Å². The number of thiazole rings is 1. The fourth-order valence-corrected chi connectivity index (χ4v) is 2.86. The van der Waals surface area contributed by atoms with E-state index in [1.54, 1.807) is 5.38 Å². The van der Waals surface area contributed by atoms with Gasteiger partial charge in [0.1, 0.15) is 5.75 Å². The molecule has 2 amide bonds. The van der Waals surface area contributed by atoms with Gasteiger partial charge in [0.15, 0.2) is 11.7 Å². The molecule has 0 bridgehead atoms. The second-order valence-corrected chi connectivity index (χ2v) is 6.40. The van der Waals surface area contributed by atoms with Crippen molar-refractivity contribution in [2.75, 3.05) is 11.9 Å². The lowest BCUT2D eigenvalue weighted by atomic mass is 10.3. The number of carbonyl (C=O) groups is 2. The third-order valence-corrected chi connectivity index (χ3v) is 4.31. The number of aromatic nitrogens is 1. The molecule has 23 heavy (non-hydrogen) atoms. The summed E-state index contributed by atoms with van der Waals surface area (Å²) in [7, 11) is 0. The molecule has 1 heterocycles. The van der Waals surface area contributed by atoms with Crippen LogP contribution in [0.2, 0.25) is 15.1 Å². The van der Waals surface area contributed by atoms with Gasteiger partial charge in [-0.05, 0) is 6.07 Å². The molecule has 0 saturated carbocycles. The number of anilines is 1. The number of nitrogens with one attached hydrogen (secondary N) is 1. The van der Waals surface area contributed by atoms with Crippen molar-refractivity contribution in [2.45, 2.75) is 6.42 Å². The number of nitrogens with two attached hydrogens (primary N) is 1. The summed E-state index contributed by atoms with van der Waals surface area (Å²) in [5.41, 5.74) is 5.56. The monoisotopic (exact) mass is 393 g/mol. The number of hydrogen-bond acceptors (Lipinski definition) is 5. The van der Waals surface area contributed by atoms with Gasteiger partial charge < -0.3 is 10.5 Å². The molecule has 3 N–H and O–H groups in total. The van der Waals surface area contributed by atoms with E-state index in [1.165, 1.54) is 23.5 Å². The lowest BCUT2D eigenvalue weighted by molar-refractivity contribution is -0.118. The number of rotatable bonds is 6. The van der Waals surface area contributed by atoms with Gasteiger partial charge in [0, 0.05) is 11.4 Å². The van der Waals surface area contributed by atoms with Gasteiger partial charge in [-0.25, -0.2) is 4.98 Å². The number of halogens is 3. The first-order valence-corrected chi connectivity index (χ1v) is 8.16. The van der Waals surface area contributed by atoms with Gasteiger partial charge in [-0.15, -0.1) is 11.3 Å². The average Bonchev–Trinajstić information content (AvgIpc) is 2.87. The summed E-state index contributed by atoms with van der Waals surface area (Å²) in [5.74, 6) is -0.692. The quantitative estimate of drug-likeness (QED) is 0.736. The summed E-state index contributed by atoms with van der Waals surface area (Å²) >= 11 is 18.8. The highest BCUT2D eigenvalue weighted by atomic mass is 35.5. The van der Waals surface area contributed by atoms with E-state index in [4.69, 9.17) is 45.3 Å². The first-order valence-electron chi connectivity index (χ1n) is 6.15. The van der Waals surface area contributed by atoms with Crippen molar-refractivity contribution in [3.63, 3.8) is 0 Å². The number of primary amides is 1. The molecule has 122 valence electrons. The third-order valence-electron chi connectivity index (χ3n) is 2.49. The third kappa shape index (κ3) is 5.24. The summed E-state index contributed by atoms with van der Waals surface area (Å²) in [6.07, 6.45) is 0.0156. The highest BCUT2D eigenvalue weighted by Crippen LogP contribution is 2.33. The number of amides is 2. The Morgan fingerprint density at radius 1 is 1.22 bits per heavy atom. The fraction of sp³-hybridized carbons (Fsp3) is 0.154. The summed E-state index contributed by atoms with van der Waals surface area (Å²) in [6, 6.07) is 2.85. The van der Waals surface area contributed by atoms with E-state index in [9.17, 15) is 9.59 Å². The summed E-state index contributed by atoms with van der Waals surface area (Å²) in [6.45, 7) is -0.289.